The van der Waals surface area contributed by atoms with Gasteiger partial charge in [0.25, 0.3) is 0 Å². The van der Waals surface area contributed by atoms with Crippen molar-refractivity contribution in [3.8, 4) is 5.75 Å². The zero-order chi connectivity index (χ0) is 13.8. The maximum absolute atomic E-state index is 11.1. The number of hydrogen-bond donors (Lipinski definition) is 1. The average Bonchev–Trinajstić information content (AvgIpc) is 2.37. The highest BCUT2D eigenvalue weighted by molar-refractivity contribution is 9.10. The van der Waals surface area contributed by atoms with Crippen molar-refractivity contribution in [1.82, 2.24) is 4.90 Å². The van der Waals surface area contributed by atoms with Gasteiger partial charge < -0.3 is 14.7 Å². The minimum atomic E-state index is -0.959. The SMILES string of the molecule is CN1CCCCC1COc1cc(Br)ccc1C(=O)O. The molecule has 5 heteroatoms. The van der Waals surface area contributed by atoms with Crippen molar-refractivity contribution in [1.29, 1.82) is 0 Å². The number of rotatable bonds is 4. The van der Waals surface area contributed by atoms with Crippen LogP contribution in [-0.2, 0) is 0 Å². The van der Waals surface area contributed by atoms with E-state index >= 15 is 0 Å². The van der Waals surface area contributed by atoms with Crippen LogP contribution in [0.1, 0.15) is 29.6 Å². The fourth-order valence-electron chi connectivity index (χ4n) is 2.33. The van der Waals surface area contributed by atoms with Crippen molar-refractivity contribution >= 4 is 21.9 Å². The number of carboxylic acid groups (broad SMARTS) is 1. The molecule has 0 radical (unpaired) electrons. The zero-order valence-electron chi connectivity index (χ0n) is 10.9. The highest BCUT2D eigenvalue weighted by atomic mass is 79.9. The molecule has 1 fully saturated rings. The van der Waals surface area contributed by atoms with E-state index in [4.69, 9.17) is 9.84 Å². The molecule has 0 aromatic heterocycles. The van der Waals surface area contributed by atoms with E-state index in [1.54, 1.807) is 18.2 Å². The fraction of sp³-hybridized carbons (Fsp3) is 0.500. The standard InChI is InChI=1S/C14H18BrNO3/c1-16-7-3-2-4-11(16)9-19-13-8-10(15)5-6-12(13)14(17)18/h5-6,8,11H,2-4,7,9H2,1H3,(H,17,18). The molecule has 0 bridgehead atoms. The first-order valence-corrected chi connectivity index (χ1v) is 7.23. The number of halogens is 1. The number of ether oxygens (including phenoxy) is 1. The lowest BCUT2D eigenvalue weighted by Crippen LogP contribution is -2.40. The Kier molecular flexibility index (Phi) is 4.82. The minimum Gasteiger partial charge on any atom is -0.491 e. The lowest BCUT2D eigenvalue weighted by molar-refractivity contribution is 0.0688. The van der Waals surface area contributed by atoms with Crippen LogP contribution in [0.15, 0.2) is 22.7 Å². The number of aromatic carboxylic acids is 1. The second-order valence-electron chi connectivity index (χ2n) is 4.89. The van der Waals surface area contributed by atoms with E-state index in [-0.39, 0.29) is 5.56 Å². The van der Waals surface area contributed by atoms with Crippen LogP contribution in [-0.4, -0.2) is 42.2 Å². The molecule has 19 heavy (non-hydrogen) atoms. The van der Waals surface area contributed by atoms with Gasteiger partial charge in [0.15, 0.2) is 0 Å². The molecule has 0 amide bonds. The number of benzene rings is 1. The topological polar surface area (TPSA) is 49.8 Å². The molecular weight excluding hydrogens is 310 g/mol. The third kappa shape index (κ3) is 3.70. The van der Waals surface area contributed by atoms with Gasteiger partial charge >= 0.3 is 5.97 Å². The van der Waals surface area contributed by atoms with E-state index in [9.17, 15) is 4.79 Å². The summed E-state index contributed by atoms with van der Waals surface area (Å²) < 4.78 is 6.56. The van der Waals surface area contributed by atoms with Crippen LogP contribution < -0.4 is 4.74 Å². The Bertz CT molecular complexity index is 464. The summed E-state index contributed by atoms with van der Waals surface area (Å²) in [7, 11) is 2.09. The molecule has 4 nitrogen and oxygen atoms in total. The van der Waals surface area contributed by atoms with E-state index in [0.29, 0.717) is 18.4 Å². The summed E-state index contributed by atoms with van der Waals surface area (Å²) in [6.45, 7) is 1.62. The molecule has 104 valence electrons. The minimum absolute atomic E-state index is 0.210. The van der Waals surface area contributed by atoms with E-state index < -0.39 is 5.97 Å². The summed E-state index contributed by atoms with van der Waals surface area (Å²) in [6.07, 6.45) is 3.54. The summed E-state index contributed by atoms with van der Waals surface area (Å²) in [6, 6.07) is 5.36. The first-order chi connectivity index (χ1) is 9.08. The predicted octanol–water partition coefficient (Wildman–Crippen LogP) is 3.01. The Morgan fingerprint density at radius 1 is 1.53 bits per heavy atom. The number of hydrogen-bond acceptors (Lipinski definition) is 3. The summed E-state index contributed by atoms with van der Waals surface area (Å²) in [5.41, 5.74) is 0.210. The molecule has 1 aromatic rings. The number of piperidine rings is 1. The zero-order valence-corrected chi connectivity index (χ0v) is 12.5. The maximum atomic E-state index is 11.1. The van der Waals surface area contributed by atoms with E-state index in [0.717, 1.165) is 17.4 Å². The molecule has 0 spiro atoms. The van der Waals surface area contributed by atoms with Gasteiger partial charge in [-0.3, -0.25) is 0 Å². The smallest absolute Gasteiger partial charge is 0.339 e. The number of nitrogens with zero attached hydrogens (tertiary/aromatic N) is 1. The van der Waals surface area contributed by atoms with Gasteiger partial charge in [-0.15, -0.1) is 0 Å². The van der Waals surface area contributed by atoms with E-state index in [2.05, 4.69) is 27.9 Å². The lowest BCUT2D eigenvalue weighted by atomic mass is 10.0. The molecule has 1 aliphatic rings. The molecule has 0 aliphatic carbocycles. The van der Waals surface area contributed by atoms with Crippen molar-refractivity contribution in [3.05, 3.63) is 28.2 Å². The Labute approximate surface area is 121 Å². The van der Waals surface area contributed by atoms with Gasteiger partial charge in [0.2, 0.25) is 0 Å². The van der Waals surface area contributed by atoms with Crippen LogP contribution in [0, 0.1) is 0 Å². The highest BCUT2D eigenvalue weighted by Crippen LogP contribution is 2.25. The van der Waals surface area contributed by atoms with E-state index in [1.807, 2.05) is 0 Å². The average molecular weight is 328 g/mol. The van der Waals surface area contributed by atoms with Crippen LogP contribution in [0.4, 0.5) is 0 Å². The fourth-order valence-corrected chi connectivity index (χ4v) is 2.67. The van der Waals surface area contributed by atoms with Gasteiger partial charge in [-0.25, -0.2) is 4.79 Å². The van der Waals surface area contributed by atoms with E-state index in [1.165, 1.54) is 12.8 Å². The molecule has 1 atom stereocenters. The summed E-state index contributed by atoms with van der Waals surface area (Å²) >= 11 is 3.34. The first kappa shape index (κ1) is 14.3. The predicted molar refractivity (Wildman–Crippen MR) is 76.9 cm³/mol. The third-order valence-corrected chi connectivity index (χ3v) is 4.02. The maximum Gasteiger partial charge on any atom is 0.339 e. The van der Waals surface area contributed by atoms with Crippen molar-refractivity contribution in [3.63, 3.8) is 0 Å². The normalized spacial score (nSPS) is 20.2. The lowest BCUT2D eigenvalue weighted by Gasteiger charge is -2.32. The van der Waals surface area contributed by atoms with Crippen LogP contribution >= 0.6 is 15.9 Å². The molecule has 1 saturated heterocycles. The van der Waals surface area contributed by atoms with Crippen LogP contribution in [0.2, 0.25) is 0 Å². The number of carboxylic acids is 1. The molecule has 0 saturated carbocycles. The third-order valence-electron chi connectivity index (χ3n) is 3.53. The van der Waals surface area contributed by atoms with Crippen molar-refractivity contribution in [2.24, 2.45) is 0 Å². The van der Waals surface area contributed by atoms with Gasteiger partial charge in [-0.2, -0.15) is 0 Å². The van der Waals surface area contributed by atoms with Gasteiger partial charge in [0, 0.05) is 10.5 Å². The Balaban J connectivity index is 2.05. The molecule has 1 unspecified atom stereocenters. The molecule has 2 rings (SSSR count). The highest BCUT2D eigenvalue weighted by Gasteiger charge is 2.20. The molecule has 1 heterocycles. The van der Waals surface area contributed by atoms with Crippen LogP contribution in [0.3, 0.4) is 0 Å². The van der Waals surface area contributed by atoms with Crippen molar-refractivity contribution in [2.45, 2.75) is 25.3 Å². The Morgan fingerprint density at radius 2 is 2.32 bits per heavy atom. The number of carbonyl (C=O) groups is 1. The Morgan fingerprint density at radius 3 is 3.00 bits per heavy atom. The van der Waals surface area contributed by atoms with Gasteiger partial charge in [-0.1, -0.05) is 22.4 Å². The van der Waals surface area contributed by atoms with Crippen molar-refractivity contribution < 1.29 is 14.6 Å². The molecular formula is C14H18BrNO3. The van der Waals surface area contributed by atoms with Crippen LogP contribution in [0.5, 0.6) is 5.75 Å². The molecule has 1 N–H and O–H groups in total. The Hall–Kier alpha value is -1.07. The van der Waals surface area contributed by atoms with Crippen molar-refractivity contribution in [2.75, 3.05) is 20.2 Å². The second-order valence-corrected chi connectivity index (χ2v) is 5.80. The van der Waals surface area contributed by atoms with Crippen LogP contribution in [0.25, 0.3) is 0 Å². The second kappa shape index (κ2) is 6.39. The summed E-state index contributed by atoms with van der Waals surface area (Å²) in [4.78, 5) is 13.4. The first-order valence-electron chi connectivity index (χ1n) is 6.44. The number of likely N-dealkylation sites (N-methyl/N-ethyl adjacent to an activating group) is 1. The monoisotopic (exact) mass is 327 g/mol. The van der Waals surface area contributed by atoms with Gasteiger partial charge in [0.05, 0.1) is 0 Å². The quantitative estimate of drug-likeness (QED) is 0.923. The number of likely N-dealkylation sites (tertiary alicyclic amines) is 1. The summed E-state index contributed by atoms with van der Waals surface area (Å²) in [5, 5.41) is 9.14. The largest absolute Gasteiger partial charge is 0.491 e. The summed E-state index contributed by atoms with van der Waals surface area (Å²) in [5.74, 6) is -0.527. The van der Waals surface area contributed by atoms with Gasteiger partial charge in [-0.05, 0) is 44.6 Å². The molecule has 1 aromatic carbocycles. The molecule has 1 aliphatic heterocycles. The van der Waals surface area contributed by atoms with Gasteiger partial charge in [0.1, 0.15) is 17.9 Å².